The number of carbonyl (C=O) groups excluding carboxylic acids is 2. The number of hydrogen-bond donors (Lipinski definition) is 0. The molecular weight excluding hydrogens is 394 g/mol. The van der Waals surface area contributed by atoms with Gasteiger partial charge >= 0.3 is 12.2 Å². The Hall–Kier alpha value is -2.31. The zero-order valence-corrected chi connectivity index (χ0v) is 19.8. The van der Waals surface area contributed by atoms with Crippen LogP contribution in [0.25, 0.3) is 0 Å². The van der Waals surface area contributed by atoms with Crippen molar-refractivity contribution in [2.24, 2.45) is 0 Å². The Morgan fingerprint density at radius 3 is 2.26 bits per heavy atom. The fraction of sp³-hybridized carbons (Fsp3) is 0.708. The molecule has 1 aromatic heterocycles. The maximum absolute atomic E-state index is 13.2. The normalized spacial score (nSPS) is 20.1. The minimum Gasteiger partial charge on any atom is -0.444 e. The molecule has 0 bridgehead atoms. The summed E-state index contributed by atoms with van der Waals surface area (Å²) >= 11 is 0. The molecule has 1 aliphatic heterocycles. The predicted octanol–water partition coefficient (Wildman–Crippen LogP) is 5.84. The largest absolute Gasteiger partial charge is 0.444 e. The minimum absolute atomic E-state index is 0.0714. The Morgan fingerprint density at radius 1 is 1.00 bits per heavy atom. The first-order valence-electron chi connectivity index (χ1n) is 11.4. The van der Waals surface area contributed by atoms with Crippen LogP contribution in [0.3, 0.4) is 0 Å². The highest BCUT2D eigenvalue weighted by Crippen LogP contribution is 2.39. The van der Waals surface area contributed by atoms with Crippen molar-refractivity contribution in [2.45, 2.75) is 103 Å². The first-order valence-corrected chi connectivity index (χ1v) is 11.4. The summed E-state index contributed by atoms with van der Waals surface area (Å²) < 4.78 is 11.4. The van der Waals surface area contributed by atoms with E-state index in [0.29, 0.717) is 12.4 Å². The molecule has 1 atom stereocenters. The Kier molecular flexibility index (Phi) is 6.82. The van der Waals surface area contributed by atoms with E-state index in [-0.39, 0.29) is 24.3 Å². The second-order valence-electron chi connectivity index (χ2n) is 10.5. The second-order valence-corrected chi connectivity index (χ2v) is 10.5. The summed E-state index contributed by atoms with van der Waals surface area (Å²) in [5, 5.41) is 0. The number of anilines is 1. The highest BCUT2D eigenvalue weighted by Gasteiger charge is 2.39. The maximum Gasteiger partial charge on any atom is 0.416 e. The summed E-state index contributed by atoms with van der Waals surface area (Å²) in [5.41, 5.74) is -0.280. The molecule has 1 saturated heterocycles. The number of ether oxygens (including phenoxy) is 2. The Labute approximate surface area is 186 Å². The molecule has 172 valence electrons. The summed E-state index contributed by atoms with van der Waals surface area (Å²) in [6.07, 6.45) is 6.69. The van der Waals surface area contributed by atoms with E-state index >= 15 is 0 Å². The molecule has 31 heavy (non-hydrogen) atoms. The van der Waals surface area contributed by atoms with Gasteiger partial charge in [0.1, 0.15) is 17.0 Å². The smallest absolute Gasteiger partial charge is 0.416 e. The van der Waals surface area contributed by atoms with Crippen LogP contribution in [-0.4, -0.2) is 45.9 Å². The molecule has 7 heteroatoms. The summed E-state index contributed by atoms with van der Waals surface area (Å²) in [6, 6.07) is 3.74. The molecule has 0 N–H and O–H groups in total. The average molecular weight is 432 g/mol. The van der Waals surface area contributed by atoms with E-state index in [9.17, 15) is 9.59 Å². The quantitative estimate of drug-likeness (QED) is 0.601. The highest BCUT2D eigenvalue weighted by molar-refractivity contribution is 5.88. The van der Waals surface area contributed by atoms with E-state index in [2.05, 4.69) is 4.98 Å². The van der Waals surface area contributed by atoms with Crippen LogP contribution in [-0.2, 0) is 9.47 Å². The first kappa shape index (κ1) is 23.4. The first-order chi connectivity index (χ1) is 14.5. The molecule has 0 unspecified atom stereocenters. The summed E-state index contributed by atoms with van der Waals surface area (Å²) in [6.45, 7) is 11.9. The molecule has 1 aliphatic carbocycles. The number of hydrogen-bond acceptors (Lipinski definition) is 5. The van der Waals surface area contributed by atoms with Gasteiger partial charge in [-0.2, -0.15) is 0 Å². The number of pyridine rings is 1. The number of likely N-dealkylation sites (tertiary alicyclic amines) is 1. The second kappa shape index (κ2) is 9.05. The lowest BCUT2D eigenvalue weighted by atomic mass is 9.90. The van der Waals surface area contributed by atoms with Crippen molar-refractivity contribution in [3.05, 3.63) is 23.9 Å². The molecule has 2 fully saturated rings. The van der Waals surface area contributed by atoms with Crippen molar-refractivity contribution in [3.63, 3.8) is 0 Å². The van der Waals surface area contributed by atoms with Gasteiger partial charge in [-0.3, -0.25) is 4.90 Å². The van der Waals surface area contributed by atoms with Gasteiger partial charge in [-0.05, 0) is 86.1 Å². The standard InChI is InChI=1S/C24H37N3O4/c1-23(2,3)30-21(28)26-16-8-7-14-19(26)18-13-10-15-25-20(18)27(17-11-9-12-17)22(29)31-24(4,5)6/h10,13,15,17,19H,7-9,11-12,14,16H2,1-6H3/t19-/m0/s1. The van der Waals surface area contributed by atoms with Crippen LogP contribution in [0.5, 0.6) is 0 Å². The van der Waals surface area contributed by atoms with Gasteiger partial charge in [0.2, 0.25) is 0 Å². The number of piperidine rings is 1. The number of nitrogens with zero attached hydrogens (tertiary/aromatic N) is 3. The van der Waals surface area contributed by atoms with Gasteiger partial charge in [-0.1, -0.05) is 6.07 Å². The lowest BCUT2D eigenvalue weighted by molar-refractivity contribution is 0.00954. The molecule has 0 radical (unpaired) electrons. The molecular formula is C24H37N3O4. The summed E-state index contributed by atoms with van der Waals surface area (Å²) in [4.78, 5) is 34.3. The highest BCUT2D eigenvalue weighted by atomic mass is 16.6. The van der Waals surface area contributed by atoms with Gasteiger partial charge in [0.25, 0.3) is 0 Å². The van der Waals surface area contributed by atoms with Crippen molar-refractivity contribution in [1.82, 2.24) is 9.88 Å². The van der Waals surface area contributed by atoms with Crippen LogP contribution in [0.15, 0.2) is 18.3 Å². The molecule has 1 saturated carbocycles. The van der Waals surface area contributed by atoms with Gasteiger partial charge in [0.15, 0.2) is 0 Å². The third kappa shape index (κ3) is 5.89. The van der Waals surface area contributed by atoms with Crippen molar-refractivity contribution in [1.29, 1.82) is 0 Å². The van der Waals surface area contributed by atoms with Gasteiger partial charge in [0.05, 0.1) is 6.04 Å². The van der Waals surface area contributed by atoms with E-state index in [1.165, 1.54) is 0 Å². The molecule has 3 rings (SSSR count). The number of amides is 2. The monoisotopic (exact) mass is 431 g/mol. The maximum atomic E-state index is 13.2. The Balaban J connectivity index is 1.96. The van der Waals surface area contributed by atoms with Gasteiger partial charge < -0.3 is 14.4 Å². The Morgan fingerprint density at radius 2 is 1.68 bits per heavy atom. The molecule has 2 amide bonds. The molecule has 2 heterocycles. The lowest BCUT2D eigenvalue weighted by Gasteiger charge is -2.41. The van der Waals surface area contributed by atoms with Crippen LogP contribution in [0.2, 0.25) is 0 Å². The zero-order chi connectivity index (χ0) is 22.8. The molecule has 2 aliphatic rings. The molecule has 1 aromatic rings. The molecule has 7 nitrogen and oxygen atoms in total. The van der Waals surface area contributed by atoms with Crippen LogP contribution in [0.1, 0.15) is 91.7 Å². The van der Waals surface area contributed by atoms with Crippen LogP contribution >= 0.6 is 0 Å². The van der Waals surface area contributed by atoms with E-state index < -0.39 is 11.2 Å². The average Bonchev–Trinajstić information content (AvgIpc) is 2.61. The van der Waals surface area contributed by atoms with Gasteiger partial charge in [-0.25, -0.2) is 14.6 Å². The van der Waals surface area contributed by atoms with E-state index in [0.717, 1.165) is 44.1 Å². The van der Waals surface area contributed by atoms with Crippen LogP contribution in [0.4, 0.5) is 15.4 Å². The fourth-order valence-corrected chi connectivity index (χ4v) is 4.03. The van der Waals surface area contributed by atoms with Gasteiger partial charge in [0, 0.05) is 24.3 Å². The third-order valence-electron chi connectivity index (χ3n) is 5.56. The number of rotatable bonds is 3. The Bertz CT molecular complexity index is 793. The van der Waals surface area contributed by atoms with Crippen molar-refractivity contribution in [3.8, 4) is 0 Å². The van der Waals surface area contributed by atoms with E-state index in [1.807, 2.05) is 53.7 Å². The van der Waals surface area contributed by atoms with E-state index in [1.54, 1.807) is 16.0 Å². The number of carbonyl (C=O) groups is 2. The predicted molar refractivity (Wildman–Crippen MR) is 120 cm³/mol. The van der Waals surface area contributed by atoms with E-state index in [4.69, 9.17) is 9.47 Å². The summed E-state index contributed by atoms with van der Waals surface area (Å²) in [7, 11) is 0. The zero-order valence-electron chi connectivity index (χ0n) is 19.8. The van der Waals surface area contributed by atoms with Gasteiger partial charge in [-0.15, -0.1) is 0 Å². The van der Waals surface area contributed by atoms with Crippen molar-refractivity contribution in [2.75, 3.05) is 11.4 Å². The summed E-state index contributed by atoms with van der Waals surface area (Å²) in [5.74, 6) is 0.599. The van der Waals surface area contributed by atoms with Crippen molar-refractivity contribution < 1.29 is 19.1 Å². The van der Waals surface area contributed by atoms with Crippen LogP contribution in [0, 0.1) is 0 Å². The minimum atomic E-state index is -0.596. The topological polar surface area (TPSA) is 72.0 Å². The molecule has 0 aromatic carbocycles. The molecule has 0 spiro atoms. The SMILES string of the molecule is CC(C)(C)OC(=O)N(c1ncccc1[C@@H]1CCCCN1C(=O)OC(C)(C)C)C1CCC1. The third-order valence-corrected chi connectivity index (χ3v) is 5.56. The van der Waals surface area contributed by atoms with Crippen LogP contribution < -0.4 is 4.90 Å². The lowest BCUT2D eigenvalue weighted by Crippen LogP contribution is -2.48. The number of aromatic nitrogens is 1. The van der Waals surface area contributed by atoms with Crippen molar-refractivity contribution >= 4 is 18.0 Å². The fourth-order valence-electron chi connectivity index (χ4n) is 4.03.